The second kappa shape index (κ2) is 6.04. The third-order valence-corrected chi connectivity index (χ3v) is 3.45. The summed E-state index contributed by atoms with van der Waals surface area (Å²) in [6, 6.07) is 6.91. The van der Waals surface area contributed by atoms with Crippen LogP contribution in [0.25, 0.3) is 10.9 Å². The fourth-order valence-corrected chi connectivity index (χ4v) is 2.29. The largest absolute Gasteiger partial charge is 0.467 e. The second-order valence-electron chi connectivity index (χ2n) is 5.14. The van der Waals surface area contributed by atoms with Gasteiger partial charge in [0.15, 0.2) is 0 Å². The summed E-state index contributed by atoms with van der Waals surface area (Å²) in [6.07, 6.45) is 2.76. The number of furan rings is 1. The number of amides is 1. The number of nitrogens with zero attached hydrogens (tertiary/aromatic N) is 2. The van der Waals surface area contributed by atoms with Crippen LogP contribution in [-0.4, -0.2) is 15.5 Å². The Morgan fingerprint density at radius 3 is 3.00 bits per heavy atom. The van der Waals surface area contributed by atoms with E-state index in [0.29, 0.717) is 5.76 Å². The van der Waals surface area contributed by atoms with Crippen molar-refractivity contribution < 1.29 is 13.6 Å². The van der Waals surface area contributed by atoms with Crippen LogP contribution in [0.2, 0.25) is 0 Å². The van der Waals surface area contributed by atoms with Gasteiger partial charge in [0.1, 0.15) is 18.1 Å². The van der Waals surface area contributed by atoms with Crippen LogP contribution in [0.15, 0.2) is 52.1 Å². The van der Waals surface area contributed by atoms with Crippen molar-refractivity contribution in [3.05, 3.63) is 64.9 Å². The molecule has 3 aromatic rings. The highest BCUT2D eigenvalue weighted by Crippen LogP contribution is 2.12. The van der Waals surface area contributed by atoms with Gasteiger partial charge >= 0.3 is 0 Å². The number of hydrogen-bond acceptors (Lipinski definition) is 4. The second-order valence-corrected chi connectivity index (χ2v) is 5.14. The lowest BCUT2D eigenvalue weighted by molar-refractivity contribution is -0.122. The Morgan fingerprint density at radius 2 is 2.26 bits per heavy atom. The van der Waals surface area contributed by atoms with Crippen molar-refractivity contribution in [2.75, 3.05) is 0 Å². The Hall–Kier alpha value is -2.96. The summed E-state index contributed by atoms with van der Waals surface area (Å²) in [5.74, 6) is -0.191. The molecule has 1 atom stereocenters. The molecular formula is C16H14FN3O3. The van der Waals surface area contributed by atoms with Gasteiger partial charge in [-0.05, 0) is 31.2 Å². The molecule has 0 bridgehead atoms. The van der Waals surface area contributed by atoms with E-state index in [4.69, 9.17) is 4.42 Å². The Balaban J connectivity index is 1.78. The van der Waals surface area contributed by atoms with Crippen molar-refractivity contribution in [1.29, 1.82) is 0 Å². The average molecular weight is 315 g/mol. The molecule has 0 spiro atoms. The predicted molar refractivity (Wildman–Crippen MR) is 81.2 cm³/mol. The van der Waals surface area contributed by atoms with Gasteiger partial charge in [-0.15, -0.1) is 0 Å². The summed E-state index contributed by atoms with van der Waals surface area (Å²) in [7, 11) is 0. The summed E-state index contributed by atoms with van der Waals surface area (Å²) in [6.45, 7) is 1.60. The molecule has 1 amide bonds. The van der Waals surface area contributed by atoms with Crippen LogP contribution in [-0.2, 0) is 11.3 Å². The zero-order chi connectivity index (χ0) is 16.4. The monoisotopic (exact) mass is 315 g/mol. The van der Waals surface area contributed by atoms with Gasteiger partial charge in [0, 0.05) is 6.07 Å². The van der Waals surface area contributed by atoms with Gasteiger partial charge in [-0.2, -0.15) is 0 Å². The third-order valence-electron chi connectivity index (χ3n) is 3.45. The van der Waals surface area contributed by atoms with Gasteiger partial charge in [0.2, 0.25) is 5.91 Å². The van der Waals surface area contributed by atoms with E-state index in [9.17, 15) is 14.0 Å². The summed E-state index contributed by atoms with van der Waals surface area (Å²) < 4.78 is 19.5. The molecule has 2 aromatic heterocycles. The van der Waals surface area contributed by atoms with E-state index in [2.05, 4.69) is 10.3 Å². The molecule has 23 heavy (non-hydrogen) atoms. The van der Waals surface area contributed by atoms with Gasteiger partial charge in [0.25, 0.3) is 5.56 Å². The minimum absolute atomic E-state index is 0.176. The molecule has 0 aliphatic carbocycles. The molecule has 7 heteroatoms. The molecule has 118 valence electrons. The maximum absolute atomic E-state index is 13.1. The highest BCUT2D eigenvalue weighted by molar-refractivity contribution is 5.79. The Labute approximate surface area is 130 Å². The van der Waals surface area contributed by atoms with Gasteiger partial charge in [-0.1, -0.05) is 0 Å². The molecule has 2 heterocycles. The molecule has 0 saturated heterocycles. The predicted octanol–water partition coefficient (Wildman–Crippen LogP) is 2.01. The van der Waals surface area contributed by atoms with Crippen LogP contribution < -0.4 is 10.9 Å². The molecular weight excluding hydrogens is 301 g/mol. The molecule has 0 fully saturated rings. The molecule has 0 radical (unpaired) electrons. The lowest BCUT2D eigenvalue weighted by Crippen LogP contribution is -2.33. The topological polar surface area (TPSA) is 77.1 Å². The maximum Gasteiger partial charge on any atom is 0.261 e. The fraction of sp³-hybridized carbons (Fsp3) is 0.188. The van der Waals surface area contributed by atoms with Crippen molar-refractivity contribution in [3.63, 3.8) is 0 Å². The first kappa shape index (κ1) is 15.0. The number of fused-ring (bicyclic) bond motifs is 1. The molecule has 1 N–H and O–H groups in total. The lowest BCUT2D eigenvalue weighted by atomic mass is 10.2. The summed E-state index contributed by atoms with van der Waals surface area (Å²) in [5, 5.41) is 3.00. The molecule has 1 unspecified atom stereocenters. The Bertz CT molecular complexity index is 903. The van der Waals surface area contributed by atoms with Crippen LogP contribution >= 0.6 is 0 Å². The highest BCUT2D eigenvalue weighted by atomic mass is 19.1. The van der Waals surface area contributed by atoms with Crippen molar-refractivity contribution in [3.8, 4) is 0 Å². The minimum Gasteiger partial charge on any atom is -0.467 e. The van der Waals surface area contributed by atoms with Crippen molar-refractivity contribution in [2.45, 2.75) is 19.5 Å². The number of carbonyl (C=O) groups is 1. The van der Waals surface area contributed by atoms with Crippen LogP contribution in [0.3, 0.4) is 0 Å². The molecule has 3 rings (SSSR count). The number of rotatable bonds is 4. The normalized spacial score (nSPS) is 12.3. The standard InChI is InChI=1S/C16H14FN3O3/c1-10(14-3-2-6-23-14)19-15(21)8-20-9-18-13-7-11(17)4-5-12(13)16(20)22/h2-7,9-10H,8H2,1H3,(H,19,21). The quantitative estimate of drug-likeness (QED) is 0.799. The first-order chi connectivity index (χ1) is 11.0. The smallest absolute Gasteiger partial charge is 0.261 e. The first-order valence-corrected chi connectivity index (χ1v) is 7.02. The Morgan fingerprint density at radius 1 is 1.43 bits per heavy atom. The molecule has 0 saturated carbocycles. The molecule has 6 nitrogen and oxygen atoms in total. The van der Waals surface area contributed by atoms with E-state index in [1.807, 2.05) is 0 Å². The zero-order valence-corrected chi connectivity index (χ0v) is 12.3. The number of halogens is 1. The van der Waals surface area contributed by atoms with Crippen LogP contribution in [0, 0.1) is 5.82 Å². The summed E-state index contributed by atoms with van der Waals surface area (Å²) in [4.78, 5) is 28.4. The SMILES string of the molecule is CC(NC(=O)Cn1cnc2cc(F)ccc2c1=O)c1ccco1. The molecule has 1 aromatic carbocycles. The van der Waals surface area contributed by atoms with E-state index in [1.54, 1.807) is 19.1 Å². The van der Waals surface area contributed by atoms with Crippen LogP contribution in [0.1, 0.15) is 18.7 Å². The number of carbonyl (C=O) groups excluding carboxylic acids is 1. The molecule has 0 aliphatic rings. The maximum atomic E-state index is 13.1. The van der Waals surface area contributed by atoms with E-state index in [-0.39, 0.29) is 29.4 Å². The summed E-state index contributed by atoms with van der Waals surface area (Å²) >= 11 is 0. The van der Waals surface area contributed by atoms with Gasteiger partial charge < -0.3 is 9.73 Å². The van der Waals surface area contributed by atoms with Gasteiger partial charge in [-0.3, -0.25) is 14.2 Å². The first-order valence-electron chi connectivity index (χ1n) is 7.02. The van der Waals surface area contributed by atoms with Crippen molar-refractivity contribution in [2.24, 2.45) is 0 Å². The van der Waals surface area contributed by atoms with E-state index in [1.165, 1.54) is 35.4 Å². The van der Waals surface area contributed by atoms with Crippen molar-refractivity contribution >= 4 is 16.8 Å². The van der Waals surface area contributed by atoms with E-state index in [0.717, 1.165) is 0 Å². The third kappa shape index (κ3) is 3.13. The van der Waals surface area contributed by atoms with E-state index < -0.39 is 11.4 Å². The molecule has 0 aliphatic heterocycles. The van der Waals surface area contributed by atoms with E-state index >= 15 is 0 Å². The van der Waals surface area contributed by atoms with Crippen molar-refractivity contribution in [1.82, 2.24) is 14.9 Å². The minimum atomic E-state index is -0.466. The lowest BCUT2D eigenvalue weighted by Gasteiger charge is -2.12. The summed E-state index contributed by atoms with van der Waals surface area (Å²) in [5.41, 5.74) is -0.133. The number of nitrogens with one attached hydrogen (secondary N) is 1. The fourth-order valence-electron chi connectivity index (χ4n) is 2.29. The number of hydrogen-bond donors (Lipinski definition) is 1. The van der Waals surface area contributed by atoms with Gasteiger partial charge in [-0.25, -0.2) is 9.37 Å². The van der Waals surface area contributed by atoms with Gasteiger partial charge in [0.05, 0.1) is 29.5 Å². The zero-order valence-electron chi connectivity index (χ0n) is 12.3. The Kier molecular flexibility index (Phi) is 3.92. The highest BCUT2D eigenvalue weighted by Gasteiger charge is 2.13. The number of aromatic nitrogens is 2. The van der Waals surface area contributed by atoms with Crippen LogP contribution in [0.4, 0.5) is 4.39 Å². The number of benzene rings is 1. The van der Waals surface area contributed by atoms with Crippen LogP contribution in [0.5, 0.6) is 0 Å². The average Bonchev–Trinajstić information content (AvgIpc) is 3.04.